The molecule has 7 nitrogen and oxygen atoms in total. The SMILES string of the molecule is CC1(C#Cc2cc3ncnc(Nc4cccc(Cl)c4F)c3cc2[N+](=O)[O-])CCOC1. The van der Waals surface area contributed by atoms with Crippen LogP contribution in [-0.2, 0) is 4.74 Å². The van der Waals surface area contributed by atoms with E-state index >= 15 is 0 Å². The third-order valence-corrected chi connectivity index (χ3v) is 5.16. The van der Waals surface area contributed by atoms with Gasteiger partial charge in [-0.15, -0.1) is 0 Å². The number of halogens is 2. The number of benzene rings is 2. The van der Waals surface area contributed by atoms with Crippen LogP contribution in [-0.4, -0.2) is 28.1 Å². The number of fused-ring (bicyclic) bond motifs is 1. The van der Waals surface area contributed by atoms with Gasteiger partial charge in [0.25, 0.3) is 5.69 Å². The first-order valence-electron chi connectivity index (χ1n) is 9.11. The van der Waals surface area contributed by atoms with Gasteiger partial charge in [0.1, 0.15) is 17.7 Å². The Hall–Kier alpha value is -3.28. The summed E-state index contributed by atoms with van der Waals surface area (Å²) in [5.41, 5.74) is 0.271. The normalized spacial score (nSPS) is 18.1. The molecule has 152 valence electrons. The van der Waals surface area contributed by atoms with Crippen molar-refractivity contribution in [1.29, 1.82) is 0 Å². The van der Waals surface area contributed by atoms with Crippen molar-refractivity contribution in [2.75, 3.05) is 18.5 Å². The van der Waals surface area contributed by atoms with Crippen LogP contribution in [0.3, 0.4) is 0 Å². The minimum Gasteiger partial charge on any atom is -0.380 e. The van der Waals surface area contributed by atoms with E-state index in [0.717, 1.165) is 6.42 Å². The molecule has 1 aliphatic rings. The number of ether oxygens (including phenoxy) is 1. The number of anilines is 2. The zero-order valence-corrected chi connectivity index (χ0v) is 16.7. The molecule has 0 saturated carbocycles. The Morgan fingerprint density at radius 3 is 2.93 bits per heavy atom. The summed E-state index contributed by atoms with van der Waals surface area (Å²) < 4.78 is 19.7. The molecule has 1 saturated heterocycles. The minimum atomic E-state index is -0.644. The van der Waals surface area contributed by atoms with E-state index in [1.54, 1.807) is 12.1 Å². The molecule has 4 rings (SSSR count). The van der Waals surface area contributed by atoms with E-state index < -0.39 is 10.7 Å². The second-order valence-corrected chi connectivity index (χ2v) is 7.61. The highest BCUT2D eigenvalue weighted by atomic mass is 35.5. The Balaban J connectivity index is 1.80. The molecule has 1 aromatic heterocycles. The number of rotatable bonds is 3. The van der Waals surface area contributed by atoms with Crippen molar-refractivity contribution < 1.29 is 14.1 Å². The van der Waals surface area contributed by atoms with Gasteiger partial charge >= 0.3 is 0 Å². The van der Waals surface area contributed by atoms with E-state index in [1.807, 2.05) is 6.92 Å². The van der Waals surface area contributed by atoms with Gasteiger partial charge in [0.05, 0.1) is 33.2 Å². The van der Waals surface area contributed by atoms with Gasteiger partial charge < -0.3 is 10.1 Å². The summed E-state index contributed by atoms with van der Waals surface area (Å²) in [5.74, 6) is 5.60. The number of aromatic nitrogens is 2. The van der Waals surface area contributed by atoms with Crippen molar-refractivity contribution in [3.05, 3.63) is 63.2 Å². The lowest BCUT2D eigenvalue weighted by molar-refractivity contribution is -0.385. The Labute approximate surface area is 176 Å². The van der Waals surface area contributed by atoms with E-state index in [-0.39, 0.29) is 33.2 Å². The molecule has 0 aliphatic carbocycles. The summed E-state index contributed by atoms with van der Waals surface area (Å²) in [6.45, 7) is 3.07. The molecular formula is C21H16ClFN4O3. The third-order valence-electron chi connectivity index (χ3n) is 4.87. The van der Waals surface area contributed by atoms with E-state index in [1.165, 1.54) is 24.5 Å². The number of nitrogens with one attached hydrogen (secondary N) is 1. The molecule has 30 heavy (non-hydrogen) atoms. The van der Waals surface area contributed by atoms with Crippen LogP contribution in [0.25, 0.3) is 10.9 Å². The van der Waals surface area contributed by atoms with Gasteiger partial charge in [-0.25, -0.2) is 14.4 Å². The number of nitro benzene ring substituents is 1. The maximum atomic E-state index is 14.3. The zero-order chi connectivity index (χ0) is 21.3. The van der Waals surface area contributed by atoms with Gasteiger partial charge in [-0.3, -0.25) is 10.1 Å². The van der Waals surface area contributed by atoms with Crippen molar-refractivity contribution in [3.8, 4) is 11.8 Å². The summed E-state index contributed by atoms with van der Waals surface area (Å²) in [6.07, 6.45) is 2.06. The maximum absolute atomic E-state index is 14.3. The summed E-state index contributed by atoms with van der Waals surface area (Å²) in [4.78, 5) is 19.5. The molecule has 1 atom stereocenters. The van der Waals surface area contributed by atoms with E-state index in [4.69, 9.17) is 16.3 Å². The summed E-state index contributed by atoms with van der Waals surface area (Å²) >= 11 is 5.82. The van der Waals surface area contributed by atoms with Crippen LogP contribution in [0.15, 0.2) is 36.7 Å². The first-order valence-corrected chi connectivity index (χ1v) is 9.49. The van der Waals surface area contributed by atoms with Crippen molar-refractivity contribution in [2.45, 2.75) is 13.3 Å². The molecule has 2 aromatic carbocycles. The van der Waals surface area contributed by atoms with Crippen LogP contribution in [0.5, 0.6) is 0 Å². The van der Waals surface area contributed by atoms with Crippen LogP contribution in [0.2, 0.25) is 5.02 Å². The van der Waals surface area contributed by atoms with Crippen LogP contribution >= 0.6 is 11.6 Å². The Morgan fingerprint density at radius 1 is 1.37 bits per heavy atom. The lowest BCUT2D eigenvalue weighted by Crippen LogP contribution is -2.12. The maximum Gasteiger partial charge on any atom is 0.285 e. The number of nitrogens with zero attached hydrogens (tertiary/aromatic N) is 3. The smallest absolute Gasteiger partial charge is 0.285 e. The molecule has 0 spiro atoms. The predicted molar refractivity (Wildman–Crippen MR) is 111 cm³/mol. The first-order chi connectivity index (χ1) is 14.4. The number of hydrogen-bond donors (Lipinski definition) is 1. The largest absolute Gasteiger partial charge is 0.380 e. The second kappa shape index (κ2) is 7.86. The minimum absolute atomic E-state index is 0.0497. The monoisotopic (exact) mass is 426 g/mol. The summed E-state index contributed by atoms with van der Waals surface area (Å²) in [6, 6.07) is 7.39. The zero-order valence-electron chi connectivity index (χ0n) is 15.9. The Morgan fingerprint density at radius 2 is 2.20 bits per heavy atom. The van der Waals surface area contributed by atoms with Gasteiger partial charge in [-0.1, -0.05) is 29.5 Å². The van der Waals surface area contributed by atoms with Gasteiger partial charge in [0, 0.05) is 18.1 Å². The fraction of sp³-hybridized carbons (Fsp3) is 0.238. The van der Waals surface area contributed by atoms with E-state index in [0.29, 0.717) is 24.1 Å². The highest BCUT2D eigenvalue weighted by molar-refractivity contribution is 6.31. The first kappa shape index (κ1) is 20.0. The standard InChI is InChI=1S/C21H16ClFN4O3/c1-21(7-8-30-11-21)6-5-13-9-17-14(10-18(13)27(28)29)20(25-12-24-17)26-16-4-2-3-15(22)19(16)23/h2-4,9-10,12H,7-8,11H2,1H3,(H,24,25,26). The van der Waals surface area contributed by atoms with Crippen LogP contribution < -0.4 is 5.32 Å². The molecule has 0 amide bonds. The highest BCUT2D eigenvalue weighted by Gasteiger charge is 2.27. The Kier molecular flexibility index (Phi) is 5.24. The molecule has 2 heterocycles. The molecule has 1 N–H and O–H groups in total. The van der Waals surface area contributed by atoms with Crippen LogP contribution in [0.1, 0.15) is 18.9 Å². The molecule has 9 heteroatoms. The molecule has 0 bridgehead atoms. The number of nitro groups is 1. The van der Waals surface area contributed by atoms with Gasteiger partial charge in [-0.05, 0) is 31.5 Å². The van der Waals surface area contributed by atoms with Crippen LogP contribution in [0.4, 0.5) is 21.6 Å². The molecule has 1 aliphatic heterocycles. The van der Waals surface area contributed by atoms with E-state index in [9.17, 15) is 14.5 Å². The van der Waals surface area contributed by atoms with Gasteiger partial charge in [0.15, 0.2) is 5.82 Å². The number of hydrogen-bond acceptors (Lipinski definition) is 6. The molecule has 1 fully saturated rings. The second-order valence-electron chi connectivity index (χ2n) is 7.21. The van der Waals surface area contributed by atoms with Crippen molar-refractivity contribution >= 4 is 39.7 Å². The van der Waals surface area contributed by atoms with Crippen molar-refractivity contribution in [1.82, 2.24) is 9.97 Å². The molecule has 0 radical (unpaired) electrons. The highest BCUT2D eigenvalue weighted by Crippen LogP contribution is 2.32. The molecule has 3 aromatic rings. The van der Waals surface area contributed by atoms with Gasteiger partial charge in [0.2, 0.25) is 0 Å². The van der Waals surface area contributed by atoms with Crippen molar-refractivity contribution in [2.24, 2.45) is 5.41 Å². The predicted octanol–water partition coefficient (Wildman–Crippen LogP) is 4.85. The molecule has 1 unspecified atom stereocenters. The Bertz CT molecular complexity index is 1220. The summed E-state index contributed by atoms with van der Waals surface area (Å²) in [5, 5.41) is 14.8. The van der Waals surface area contributed by atoms with Crippen LogP contribution in [0, 0.1) is 33.2 Å². The third kappa shape index (κ3) is 3.90. The quantitative estimate of drug-likeness (QED) is 0.365. The van der Waals surface area contributed by atoms with E-state index in [2.05, 4.69) is 27.1 Å². The summed E-state index contributed by atoms with van der Waals surface area (Å²) in [7, 11) is 0. The average Bonchev–Trinajstić information content (AvgIpc) is 3.16. The lowest BCUT2D eigenvalue weighted by Gasteiger charge is -2.12. The molecular weight excluding hydrogens is 411 g/mol. The topological polar surface area (TPSA) is 90.2 Å². The average molecular weight is 427 g/mol. The van der Waals surface area contributed by atoms with Gasteiger partial charge in [-0.2, -0.15) is 0 Å². The fourth-order valence-electron chi connectivity index (χ4n) is 3.15. The lowest BCUT2D eigenvalue weighted by atomic mass is 9.90. The van der Waals surface area contributed by atoms with Crippen molar-refractivity contribution in [3.63, 3.8) is 0 Å². The fourth-order valence-corrected chi connectivity index (χ4v) is 3.33.